The molecule has 2 N–H and O–H groups in total. The monoisotopic (exact) mass is 259 g/mol. The molecule has 1 rings (SSSR count). The number of aliphatic carboxylic acids is 1. The standard InChI is InChI=1S/C15H17NO3/c1-2-3-4-5-9-14(17)16-13-8-6-7-12(10-13)11-15(18)19/h1,6-8,10H,3-5,9,11H2,(H,16,17)(H,18,19). The average Bonchev–Trinajstić information content (AvgIpc) is 2.34. The molecule has 1 amide bonds. The molecule has 1 aromatic rings. The Morgan fingerprint density at radius 3 is 2.79 bits per heavy atom. The topological polar surface area (TPSA) is 66.4 Å². The number of hydrogen-bond acceptors (Lipinski definition) is 2. The van der Waals surface area contributed by atoms with Gasteiger partial charge in [-0.15, -0.1) is 12.3 Å². The van der Waals surface area contributed by atoms with Crippen LogP contribution in [0.5, 0.6) is 0 Å². The van der Waals surface area contributed by atoms with Gasteiger partial charge < -0.3 is 10.4 Å². The van der Waals surface area contributed by atoms with Crippen molar-refractivity contribution in [2.45, 2.75) is 32.1 Å². The minimum atomic E-state index is -0.891. The van der Waals surface area contributed by atoms with Crippen LogP contribution in [0.4, 0.5) is 5.69 Å². The van der Waals surface area contributed by atoms with Gasteiger partial charge in [-0.2, -0.15) is 0 Å². The number of hydrogen-bond donors (Lipinski definition) is 2. The second kappa shape index (κ2) is 7.93. The van der Waals surface area contributed by atoms with Crippen LogP contribution < -0.4 is 5.32 Å². The smallest absolute Gasteiger partial charge is 0.307 e. The highest BCUT2D eigenvalue weighted by Crippen LogP contribution is 2.12. The summed E-state index contributed by atoms with van der Waals surface area (Å²) in [6.45, 7) is 0. The van der Waals surface area contributed by atoms with E-state index in [1.54, 1.807) is 24.3 Å². The Kier molecular flexibility index (Phi) is 6.17. The lowest BCUT2D eigenvalue weighted by Crippen LogP contribution is -2.11. The summed E-state index contributed by atoms with van der Waals surface area (Å²) in [6, 6.07) is 6.86. The third-order valence-corrected chi connectivity index (χ3v) is 2.54. The number of anilines is 1. The van der Waals surface area contributed by atoms with Gasteiger partial charge in [-0.3, -0.25) is 9.59 Å². The SMILES string of the molecule is C#CCCCCC(=O)Nc1cccc(CC(=O)O)c1. The molecule has 1 aromatic carbocycles. The van der Waals surface area contributed by atoms with E-state index in [2.05, 4.69) is 11.2 Å². The first-order chi connectivity index (χ1) is 9.11. The fraction of sp³-hybridized carbons (Fsp3) is 0.333. The summed E-state index contributed by atoms with van der Waals surface area (Å²) in [7, 11) is 0. The van der Waals surface area contributed by atoms with Crippen molar-refractivity contribution in [1.29, 1.82) is 0 Å². The summed E-state index contributed by atoms with van der Waals surface area (Å²) >= 11 is 0. The molecule has 0 aliphatic carbocycles. The fourth-order valence-electron chi connectivity index (χ4n) is 1.67. The number of rotatable bonds is 7. The predicted molar refractivity (Wildman–Crippen MR) is 73.7 cm³/mol. The maximum Gasteiger partial charge on any atom is 0.307 e. The molecule has 0 heterocycles. The van der Waals surface area contributed by atoms with E-state index in [0.29, 0.717) is 24.1 Å². The van der Waals surface area contributed by atoms with E-state index in [-0.39, 0.29) is 12.3 Å². The zero-order valence-corrected chi connectivity index (χ0v) is 10.7. The molecule has 0 saturated carbocycles. The van der Waals surface area contributed by atoms with E-state index in [0.717, 1.165) is 12.8 Å². The summed E-state index contributed by atoms with van der Waals surface area (Å²) in [5, 5.41) is 11.5. The first kappa shape index (κ1) is 14.8. The van der Waals surface area contributed by atoms with Crippen LogP contribution in [0.2, 0.25) is 0 Å². The number of amides is 1. The number of nitrogens with one attached hydrogen (secondary N) is 1. The average molecular weight is 259 g/mol. The Bertz CT molecular complexity index is 488. The number of carboxylic acids is 1. The normalized spacial score (nSPS) is 9.63. The van der Waals surface area contributed by atoms with Gasteiger partial charge in [-0.1, -0.05) is 12.1 Å². The largest absolute Gasteiger partial charge is 0.481 e. The Morgan fingerprint density at radius 2 is 2.11 bits per heavy atom. The van der Waals surface area contributed by atoms with Gasteiger partial charge in [0.05, 0.1) is 6.42 Å². The number of benzene rings is 1. The van der Waals surface area contributed by atoms with E-state index >= 15 is 0 Å². The number of carbonyl (C=O) groups excluding carboxylic acids is 1. The van der Waals surface area contributed by atoms with Crippen molar-refractivity contribution in [2.24, 2.45) is 0 Å². The van der Waals surface area contributed by atoms with Gasteiger partial charge in [0.1, 0.15) is 0 Å². The van der Waals surface area contributed by atoms with Gasteiger partial charge >= 0.3 is 5.97 Å². The van der Waals surface area contributed by atoms with Gasteiger partial charge in [-0.05, 0) is 30.5 Å². The van der Waals surface area contributed by atoms with Gasteiger partial charge in [0, 0.05) is 18.5 Å². The molecule has 0 unspecified atom stereocenters. The van der Waals surface area contributed by atoms with Crippen molar-refractivity contribution < 1.29 is 14.7 Å². The van der Waals surface area contributed by atoms with E-state index in [1.807, 2.05) is 0 Å². The summed E-state index contributed by atoms with van der Waals surface area (Å²) in [6.07, 6.45) is 7.77. The van der Waals surface area contributed by atoms with Crippen molar-refractivity contribution >= 4 is 17.6 Å². The molecule has 100 valence electrons. The van der Waals surface area contributed by atoms with Crippen LogP contribution >= 0.6 is 0 Å². The molecule has 0 bridgehead atoms. The van der Waals surface area contributed by atoms with Gasteiger partial charge in [0.25, 0.3) is 0 Å². The molecule has 0 radical (unpaired) electrons. The molecule has 19 heavy (non-hydrogen) atoms. The van der Waals surface area contributed by atoms with Crippen molar-refractivity contribution in [2.75, 3.05) is 5.32 Å². The molecule has 4 heteroatoms. The second-order valence-corrected chi connectivity index (χ2v) is 4.23. The highest BCUT2D eigenvalue weighted by molar-refractivity contribution is 5.90. The number of carboxylic acid groups (broad SMARTS) is 1. The van der Waals surface area contributed by atoms with Crippen LogP contribution in [0.25, 0.3) is 0 Å². The third kappa shape index (κ3) is 6.27. The third-order valence-electron chi connectivity index (χ3n) is 2.54. The molecular weight excluding hydrogens is 242 g/mol. The summed E-state index contributed by atoms with van der Waals surface area (Å²) in [4.78, 5) is 22.2. The maximum atomic E-state index is 11.6. The molecule has 0 saturated heterocycles. The van der Waals surface area contributed by atoms with Gasteiger partial charge in [-0.25, -0.2) is 0 Å². The number of carbonyl (C=O) groups is 2. The van der Waals surface area contributed by atoms with E-state index in [9.17, 15) is 9.59 Å². The van der Waals surface area contributed by atoms with E-state index in [4.69, 9.17) is 11.5 Å². The van der Waals surface area contributed by atoms with Crippen LogP contribution in [-0.2, 0) is 16.0 Å². The van der Waals surface area contributed by atoms with E-state index < -0.39 is 5.97 Å². The highest BCUT2D eigenvalue weighted by Gasteiger charge is 2.04. The summed E-state index contributed by atoms with van der Waals surface area (Å²) < 4.78 is 0. The predicted octanol–water partition coefficient (Wildman–Crippen LogP) is 2.45. The van der Waals surface area contributed by atoms with Crippen LogP contribution in [0.1, 0.15) is 31.2 Å². The van der Waals surface area contributed by atoms with Gasteiger partial charge in [0.15, 0.2) is 0 Å². The Morgan fingerprint density at radius 1 is 1.32 bits per heavy atom. The Labute approximate surface area is 112 Å². The number of unbranched alkanes of at least 4 members (excludes halogenated alkanes) is 2. The van der Waals surface area contributed by atoms with Crippen molar-refractivity contribution in [3.05, 3.63) is 29.8 Å². The van der Waals surface area contributed by atoms with Gasteiger partial charge in [0.2, 0.25) is 5.91 Å². The summed E-state index contributed by atoms with van der Waals surface area (Å²) in [5.74, 6) is 1.56. The van der Waals surface area contributed by atoms with Crippen LogP contribution in [0, 0.1) is 12.3 Å². The molecule has 0 aliphatic rings. The van der Waals surface area contributed by atoms with Crippen molar-refractivity contribution in [1.82, 2.24) is 0 Å². The maximum absolute atomic E-state index is 11.6. The Balaban J connectivity index is 2.45. The molecule has 4 nitrogen and oxygen atoms in total. The molecule has 0 aromatic heterocycles. The molecule has 0 spiro atoms. The lowest BCUT2D eigenvalue weighted by molar-refractivity contribution is -0.136. The van der Waals surface area contributed by atoms with Crippen molar-refractivity contribution in [3.8, 4) is 12.3 Å². The van der Waals surface area contributed by atoms with Crippen LogP contribution in [0.3, 0.4) is 0 Å². The second-order valence-electron chi connectivity index (χ2n) is 4.23. The molecule has 0 fully saturated rings. The quantitative estimate of drug-likeness (QED) is 0.584. The molecular formula is C15H17NO3. The first-order valence-corrected chi connectivity index (χ1v) is 6.16. The molecule has 0 atom stereocenters. The van der Waals surface area contributed by atoms with Crippen LogP contribution in [0.15, 0.2) is 24.3 Å². The van der Waals surface area contributed by atoms with Crippen molar-refractivity contribution in [3.63, 3.8) is 0 Å². The van der Waals surface area contributed by atoms with E-state index in [1.165, 1.54) is 0 Å². The lowest BCUT2D eigenvalue weighted by Gasteiger charge is -2.06. The first-order valence-electron chi connectivity index (χ1n) is 6.16. The number of terminal acetylenes is 1. The van der Waals surface area contributed by atoms with Crippen LogP contribution in [-0.4, -0.2) is 17.0 Å². The fourth-order valence-corrected chi connectivity index (χ4v) is 1.67. The minimum Gasteiger partial charge on any atom is -0.481 e. The lowest BCUT2D eigenvalue weighted by atomic mass is 10.1. The summed E-state index contributed by atoms with van der Waals surface area (Å²) in [5.41, 5.74) is 1.29. The zero-order valence-electron chi connectivity index (χ0n) is 10.7. The minimum absolute atomic E-state index is 0.0497. The Hall–Kier alpha value is -2.28. The molecule has 0 aliphatic heterocycles. The zero-order chi connectivity index (χ0) is 14.1. The highest BCUT2D eigenvalue weighted by atomic mass is 16.4.